The highest BCUT2D eigenvalue weighted by Crippen LogP contribution is 2.39. The summed E-state index contributed by atoms with van der Waals surface area (Å²) >= 11 is 0. The Kier molecular flexibility index (Phi) is 4.05. The van der Waals surface area contributed by atoms with Crippen molar-refractivity contribution in [1.29, 1.82) is 0 Å². The number of allylic oxidation sites excluding steroid dienone is 1. The average Bonchev–Trinajstić information content (AvgIpc) is 3.64. The van der Waals surface area contributed by atoms with E-state index in [9.17, 15) is 0 Å². The van der Waals surface area contributed by atoms with Gasteiger partial charge in [0.15, 0.2) is 0 Å². The highest BCUT2D eigenvalue weighted by atomic mass is 16.3. The van der Waals surface area contributed by atoms with E-state index in [1.165, 1.54) is 5.56 Å². The molecule has 184 valence electrons. The second kappa shape index (κ2) is 7.61. The third-order valence-corrected chi connectivity index (χ3v) is 7.87. The Labute approximate surface area is 221 Å². The van der Waals surface area contributed by atoms with Gasteiger partial charge in [0.25, 0.3) is 0 Å². The van der Waals surface area contributed by atoms with Gasteiger partial charge >= 0.3 is 0 Å². The smallest absolute Gasteiger partial charge is 0.135 e. The normalized spacial score (nSPS) is 15.2. The zero-order valence-corrected chi connectivity index (χ0v) is 20.7. The zero-order chi connectivity index (χ0) is 25.5. The first-order valence-corrected chi connectivity index (χ1v) is 13.0. The molecular weight excluding hydrogens is 484 g/mol. The summed E-state index contributed by atoms with van der Waals surface area (Å²) in [4.78, 5) is 18.6. The van der Waals surface area contributed by atoms with Crippen LogP contribution in [-0.2, 0) is 6.42 Å². The lowest BCUT2D eigenvalue weighted by Crippen LogP contribution is -2.12. The van der Waals surface area contributed by atoms with E-state index in [2.05, 4.69) is 83.7 Å². The molecule has 1 unspecified atom stereocenters. The molecule has 0 saturated carbocycles. The molecule has 0 bridgehead atoms. The maximum Gasteiger partial charge on any atom is 0.135 e. The van der Waals surface area contributed by atoms with E-state index in [-0.39, 0.29) is 6.04 Å². The van der Waals surface area contributed by atoms with Crippen molar-refractivity contribution in [3.05, 3.63) is 109 Å². The quantitative estimate of drug-likeness (QED) is 0.253. The molecule has 1 aliphatic carbocycles. The number of nitrogens with zero attached hydrogens (tertiary/aromatic N) is 6. The molecule has 0 amide bonds. The SMILES string of the molecule is C1=CC(n2c3cccnc3c3ncccc32)Cc2c1oc1ccc(-n3c4cccnc4c4ncccc43)cc21. The summed E-state index contributed by atoms with van der Waals surface area (Å²) in [7, 11) is 0. The largest absolute Gasteiger partial charge is 0.456 e. The summed E-state index contributed by atoms with van der Waals surface area (Å²) in [6.07, 6.45) is 12.5. The number of aromatic nitrogens is 6. The highest BCUT2D eigenvalue weighted by Gasteiger charge is 2.25. The second-order valence-electron chi connectivity index (χ2n) is 9.95. The maximum absolute atomic E-state index is 6.32. The third-order valence-electron chi connectivity index (χ3n) is 7.87. The summed E-state index contributed by atoms with van der Waals surface area (Å²) in [6.45, 7) is 0. The van der Waals surface area contributed by atoms with Crippen molar-refractivity contribution in [3.8, 4) is 5.69 Å². The summed E-state index contributed by atoms with van der Waals surface area (Å²) in [5.74, 6) is 0.918. The van der Waals surface area contributed by atoms with Crippen LogP contribution in [0, 0.1) is 0 Å². The molecule has 1 atom stereocenters. The molecule has 39 heavy (non-hydrogen) atoms. The predicted octanol–water partition coefficient (Wildman–Crippen LogP) is 7.03. The molecule has 0 N–H and O–H groups in total. The van der Waals surface area contributed by atoms with Crippen LogP contribution in [0.3, 0.4) is 0 Å². The Hall–Kier alpha value is -5.30. The molecule has 7 aromatic heterocycles. The van der Waals surface area contributed by atoms with Crippen molar-refractivity contribution in [3.63, 3.8) is 0 Å². The molecule has 7 heteroatoms. The Balaban J connectivity index is 1.24. The zero-order valence-electron chi connectivity index (χ0n) is 20.7. The minimum Gasteiger partial charge on any atom is -0.456 e. The number of furan rings is 1. The molecule has 0 spiro atoms. The first-order chi connectivity index (χ1) is 19.3. The van der Waals surface area contributed by atoms with Crippen molar-refractivity contribution in [1.82, 2.24) is 29.1 Å². The van der Waals surface area contributed by atoms with Crippen molar-refractivity contribution in [2.45, 2.75) is 12.5 Å². The Morgan fingerprint density at radius 2 is 1.23 bits per heavy atom. The monoisotopic (exact) mass is 504 g/mol. The van der Waals surface area contributed by atoms with E-state index in [0.29, 0.717) is 0 Å². The van der Waals surface area contributed by atoms with Crippen LogP contribution >= 0.6 is 0 Å². The first-order valence-electron chi connectivity index (χ1n) is 13.0. The molecule has 9 rings (SSSR count). The molecular formula is C32H20N6O. The minimum absolute atomic E-state index is 0.108. The van der Waals surface area contributed by atoms with E-state index >= 15 is 0 Å². The van der Waals surface area contributed by atoms with Crippen LogP contribution in [0.4, 0.5) is 0 Å². The summed E-state index contributed by atoms with van der Waals surface area (Å²) < 4.78 is 10.9. The fourth-order valence-electron chi connectivity index (χ4n) is 6.25. The van der Waals surface area contributed by atoms with Crippen LogP contribution < -0.4 is 0 Å². The van der Waals surface area contributed by atoms with Gasteiger partial charge in [-0.3, -0.25) is 19.9 Å². The lowest BCUT2D eigenvalue weighted by atomic mass is 9.96. The van der Waals surface area contributed by atoms with Crippen LogP contribution in [0.1, 0.15) is 17.4 Å². The van der Waals surface area contributed by atoms with E-state index in [1.807, 2.05) is 49.1 Å². The molecule has 1 aliphatic rings. The Bertz CT molecular complexity index is 2180. The van der Waals surface area contributed by atoms with Crippen LogP contribution in [0.2, 0.25) is 0 Å². The van der Waals surface area contributed by atoms with E-state index < -0.39 is 0 Å². The van der Waals surface area contributed by atoms with Crippen LogP contribution in [0.15, 0.2) is 102 Å². The van der Waals surface area contributed by atoms with Gasteiger partial charge in [-0.25, -0.2) is 0 Å². The summed E-state index contributed by atoms with van der Waals surface area (Å²) in [5.41, 5.74) is 11.1. The molecule has 0 saturated heterocycles. The second-order valence-corrected chi connectivity index (χ2v) is 9.95. The topological polar surface area (TPSA) is 74.6 Å². The number of fused-ring (bicyclic) bond motifs is 9. The highest BCUT2D eigenvalue weighted by molar-refractivity contribution is 6.05. The lowest BCUT2D eigenvalue weighted by Gasteiger charge is -2.20. The van der Waals surface area contributed by atoms with Crippen molar-refractivity contribution < 1.29 is 4.42 Å². The summed E-state index contributed by atoms with van der Waals surface area (Å²) in [5, 5.41) is 1.12. The molecule has 1 aromatic carbocycles. The van der Waals surface area contributed by atoms with E-state index in [0.717, 1.165) is 73.0 Å². The van der Waals surface area contributed by atoms with E-state index in [1.54, 1.807) is 0 Å². The number of rotatable bonds is 2. The van der Waals surface area contributed by atoms with Gasteiger partial charge in [0.2, 0.25) is 0 Å². The van der Waals surface area contributed by atoms with Crippen LogP contribution in [-0.4, -0.2) is 29.1 Å². The molecule has 0 aliphatic heterocycles. The van der Waals surface area contributed by atoms with Crippen LogP contribution in [0.25, 0.3) is 66.9 Å². The van der Waals surface area contributed by atoms with E-state index in [4.69, 9.17) is 4.42 Å². The van der Waals surface area contributed by atoms with Gasteiger partial charge in [-0.15, -0.1) is 0 Å². The number of pyridine rings is 4. The fraction of sp³-hybridized carbons (Fsp3) is 0.0625. The van der Waals surface area contributed by atoms with Gasteiger partial charge in [-0.1, -0.05) is 6.08 Å². The third kappa shape index (κ3) is 2.81. The Morgan fingerprint density at radius 1 is 0.667 bits per heavy atom. The van der Waals surface area contributed by atoms with Gasteiger partial charge in [0, 0.05) is 47.8 Å². The number of hydrogen-bond acceptors (Lipinski definition) is 5. The molecule has 7 heterocycles. The Morgan fingerprint density at radius 3 is 1.85 bits per heavy atom. The van der Waals surface area contributed by atoms with Gasteiger partial charge in [0.05, 0.1) is 28.1 Å². The number of hydrogen-bond donors (Lipinski definition) is 0. The van der Waals surface area contributed by atoms with Gasteiger partial charge in [-0.2, -0.15) is 0 Å². The average molecular weight is 505 g/mol. The van der Waals surface area contributed by atoms with Crippen LogP contribution in [0.5, 0.6) is 0 Å². The molecule has 0 radical (unpaired) electrons. The number of benzene rings is 1. The minimum atomic E-state index is 0.108. The maximum atomic E-state index is 6.32. The lowest BCUT2D eigenvalue weighted by molar-refractivity contribution is 0.572. The standard InChI is InChI=1S/C32H20N6O/c1-5-23-29(33-13-1)30-24(6-2-14-34-30)37(23)19-9-11-27-21(17-19)22-18-20(10-12-28(22)39-27)38-25-7-3-15-35-31(25)32-26(38)8-4-16-36-32/h1-17,20H,18H2. The first kappa shape index (κ1) is 20.7. The fourth-order valence-corrected chi connectivity index (χ4v) is 6.25. The van der Waals surface area contributed by atoms with Gasteiger partial charge < -0.3 is 13.6 Å². The predicted molar refractivity (Wildman–Crippen MR) is 153 cm³/mol. The molecule has 8 aromatic rings. The molecule has 0 fully saturated rings. The van der Waals surface area contributed by atoms with Gasteiger partial charge in [0.1, 0.15) is 33.4 Å². The summed E-state index contributed by atoms with van der Waals surface area (Å²) in [6, 6.07) is 22.9. The molecule has 7 nitrogen and oxygen atoms in total. The van der Waals surface area contributed by atoms with Crippen molar-refractivity contribution in [2.24, 2.45) is 0 Å². The van der Waals surface area contributed by atoms with Gasteiger partial charge in [-0.05, 0) is 72.8 Å². The van der Waals surface area contributed by atoms with Crippen molar-refractivity contribution in [2.75, 3.05) is 0 Å². The van der Waals surface area contributed by atoms with Crippen molar-refractivity contribution >= 4 is 61.2 Å².